The van der Waals surface area contributed by atoms with Crippen molar-refractivity contribution in [2.45, 2.75) is 45.8 Å². The smallest absolute Gasteiger partial charge is 0.338 e. The lowest BCUT2D eigenvalue weighted by Crippen LogP contribution is -2.42. The molecule has 1 saturated heterocycles. The number of amides is 1. The minimum absolute atomic E-state index is 0.0507. The fraction of sp³-hybridized carbons (Fsp3) is 0.367. The van der Waals surface area contributed by atoms with E-state index in [0.717, 1.165) is 22.0 Å². The highest BCUT2D eigenvalue weighted by atomic mass is 32.2. The van der Waals surface area contributed by atoms with E-state index in [2.05, 4.69) is 38.1 Å². The number of esters is 1. The summed E-state index contributed by atoms with van der Waals surface area (Å²) in [6, 6.07) is 17.6. The highest BCUT2D eigenvalue weighted by molar-refractivity contribution is 8.16. The zero-order chi connectivity index (χ0) is 26.6. The Bertz CT molecular complexity index is 1280. The highest BCUT2D eigenvalue weighted by Gasteiger charge is 2.41. The number of amidine groups is 1. The maximum atomic E-state index is 13.6. The molecule has 0 aliphatic carbocycles. The van der Waals surface area contributed by atoms with Gasteiger partial charge in [0.15, 0.2) is 5.17 Å². The summed E-state index contributed by atoms with van der Waals surface area (Å²) in [6.45, 7) is 8.65. The van der Waals surface area contributed by atoms with Crippen LogP contribution in [0.1, 0.15) is 55.8 Å². The molecule has 198 valence electrons. The maximum Gasteiger partial charge on any atom is 0.338 e. The fourth-order valence-electron chi connectivity index (χ4n) is 4.89. The van der Waals surface area contributed by atoms with Crippen LogP contribution in [0.15, 0.2) is 82.0 Å². The third-order valence-corrected chi connectivity index (χ3v) is 7.94. The Morgan fingerprint density at radius 3 is 2.47 bits per heavy atom. The average molecular weight is 532 g/mol. The van der Waals surface area contributed by atoms with Crippen LogP contribution in [-0.2, 0) is 25.7 Å². The summed E-state index contributed by atoms with van der Waals surface area (Å²) >= 11 is 1.49. The Balaban J connectivity index is 1.46. The number of allylic oxidation sites excluding steroid dienone is 1. The number of hydrogen-bond donors (Lipinski definition) is 0. The molecule has 0 radical (unpaired) electrons. The SMILES string of the molecule is CC1=C(C(=O)OCc2ccccc2)[C@@H](c2ccc(C(C)C)cc2)N2C(CC(=O)N3CCOCC3)=CSC2=N1. The van der Waals surface area contributed by atoms with Crippen molar-refractivity contribution in [1.29, 1.82) is 0 Å². The quantitative estimate of drug-likeness (QED) is 0.447. The number of hydrogen-bond acceptors (Lipinski definition) is 7. The van der Waals surface area contributed by atoms with Gasteiger partial charge in [-0.05, 0) is 34.9 Å². The fourth-order valence-corrected chi connectivity index (χ4v) is 5.85. The number of aliphatic imine (C=N–C) groups is 1. The van der Waals surface area contributed by atoms with Gasteiger partial charge in [0.05, 0.1) is 36.9 Å². The molecule has 0 aromatic heterocycles. The van der Waals surface area contributed by atoms with Gasteiger partial charge in [-0.15, -0.1) is 0 Å². The van der Waals surface area contributed by atoms with Crippen molar-refractivity contribution in [2.24, 2.45) is 4.99 Å². The minimum atomic E-state index is -0.439. The van der Waals surface area contributed by atoms with Crippen molar-refractivity contribution in [3.63, 3.8) is 0 Å². The predicted molar refractivity (Wildman–Crippen MR) is 149 cm³/mol. The average Bonchev–Trinajstić information content (AvgIpc) is 3.33. The summed E-state index contributed by atoms with van der Waals surface area (Å²) < 4.78 is 11.2. The van der Waals surface area contributed by atoms with E-state index in [1.165, 1.54) is 17.3 Å². The van der Waals surface area contributed by atoms with Crippen LogP contribution in [0.2, 0.25) is 0 Å². The van der Waals surface area contributed by atoms with Crippen molar-refractivity contribution in [1.82, 2.24) is 9.80 Å². The molecule has 0 N–H and O–H groups in total. The van der Waals surface area contributed by atoms with E-state index in [0.29, 0.717) is 43.5 Å². The molecule has 7 nitrogen and oxygen atoms in total. The molecule has 2 aromatic carbocycles. The van der Waals surface area contributed by atoms with E-state index >= 15 is 0 Å². The molecule has 1 amide bonds. The van der Waals surface area contributed by atoms with Crippen molar-refractivity contribution >= 4 is 28.8 Å². The maximum absolute atomic E-state index is 13.6. The number of ether oxygens (including phenoxy) is 2. The monoisotopic (exact) mass is 531 g/mol. The van der Waals surface area contributed by atoms with E-state index in [4.69, 9.17) is 14.5 Å². The lowest BCUT2D eigenvalue weighted by molar-refractivity contribution is -0.141. The Labute approximate surface area is 228 Å². The summed E-state index contributed by atoms with van der Waals surface area (Å²) in [7, 11) is 0. The molecule has 2 aromatic rings. The summed E-state index contributed by atoms with van der Waals surface area (Å²) in [5, 5.41) is 2.75. The van der Waals surface area contributed by atoms with Crippen LogP contribution >= 0.6 is 11.8 Å². The Hall–Kier alpha value is -3.36. The molecule has 8 heteroatoms. The molecule has 1 fully saturated rings. The first-order chi connectivity index (χ1) is 18.4. The molecular formula is C30H33N3O4S. The van der Waals surface area contributed by atoms with Gasteiger partial charge in [0.2, 0.25) is 5.91 Å². The van der Waals surface area contributed by atoms with Gasteiger partial charge in [-0.1, -0.05) is 80.2 Å². The first-order valence-electron chi connectivity index (χ1n) is 13.0. The second-order valence-electron chi connectivity index (χ2n) is 9.95. The van der Waals surface area contributed by atoms with Gasteiger partial charge in [0.1, 0.15) is 6.61 Å². The van der Waals surface area contributed by atoms with Crippen LogP contribution in [0.25, 0.3) is 0 Å². The van der Waals surface area contributed by atoms with Crippen LogP contribution in [0.3, 0.4) is 0 Å². The summed E-state index contributed by atoms with van der Waals surface area (Å²) in [5.41, 5.74) is 5.07. The molecule has 0 saturated carbocycles. The van der Waals surface area contributed by atoms with Gasteiger partial charge in [0, 0.05) is 18.8 Å². The third kappa shape index (κ3) is 5.56. The summed E-state index contributed by atoms with van der Waals surface area (Å²) in [4.78, 5) is 35.5. The van der Waals surface area contributed by atoms with Crippen LogP contribution in [-0.4, -0.2) is 53.1 Å². The van der Waals surface area contributed by atoms with E-state index < -0.39 is 12.0 Å². The van der Waals surface area contributed by atoms with Gasteiger partial charge < -0.3 is 19.3 Å². The van der Waals surface area contributed by atoms with Crippen molar-refractivity contribution in [3.8, 4) is 0 Å². The van der Waals surface area contributed by atoms with Gasteiger partial charge in [-0.25, -0.2) is 9.79 Å². The number of fused-ring (bicyclic) bond motifs is 1. The molecule has 38 heavy (non-hydrogen) atoms. The van der Waals surface area contributed by atoms with E-state index in [1.54, 1.807) is 0 Å². The molecule has 1 atom stereocenters. The molecule has 0 spiro atoms. The Morgan fingerprint density at radius 1 is 1.08 bits per heavy atom. The van der Waals surface area contributed by atoms with Gasteiger partial charge in [0.25, 0.3) is 0 Å². The van der Waals surface area contributed by atoms with Crippen LogP contribution in [0.5, 0.6) is 0 Å². The highest BCUT2D eigenvalue weighted by Crippen LogP contribution is 2.45. The van der Waals surface area contributed by atoms with Gasteiger partial charge in [-0.3, -0.25) is 4.79 Å². The van der Waals surface area contributed by atoms with Crippen molar-refractivity contribution in [2.75, 3.05) is 26.3 Å². The van der Waals surface area contributed by atoms with Gasteiger partial charge >= 0.3 is 5.97 Å². The number of thioether (sulfide) groups is 1. The summed E-state index contributed by atoms with van der Waals surface area (Å²) in [5.74, 6) is 0.0432. The molecule has 3 aliphatic heterocycles. The first kappa shape index (κ1) is 26.3. The standard InChI is InChI=1S/C30H33N3O4S/c1-20(2)23-9-11-24(12-10-23)28-27(29(35)37-18-22-7-5-4-6-8-22)21(3)31-30-33(28)25(19-38-30)17-26(34)32-13-15-36-16-14-32/h4-12,19-20,28H,13-18H2,1-3H3/t28-/m1/s1. The number of nitrogens with zero attached hydrogens (tertiary/aromatic N) is 3. The van der Waals surface area contributed by atoms with Crippen LogP contribution in [0, 0.1) is 0 Å². The second kappa shape index (κ2) is 11.6. The van der Waals surface area contributed by atoms with Crippen molar-refractivity contribution < 1.29 is 19.1 Å². The molecule has 0 bridgehead atoms. The first-order valence-corrected chi connectivity index (χ1v) is 13.9. The molecule has 3 heterocycles. The predicted octanol–water partition coefficient (Wildman–Crippen LogP) is 5.38. The topological polar surface area (TPSA) is 71.4 Å². The number of morpholine rings is 1. The van der Waals surface area contributed by atoms with Crippen LogP contribution in [0.4, 0.5) is 0 Å². The lowest BCUT2D eigenvalue weighted by Gasteiger charge is -2.37. The van der Waals surface area contributed by atoms with Crippen molar-refractivity contribution in [3.05, 3.63) is 93.7 Å². The lowest BCUT2D eigenvalue weighted by atomic mass is 9.92. The van der Waals surface area contributed by atoms with E-state index in [1.807, 2.05) is 52.5 Å². The second-order valence-corrected chi connectivity index (χ2v) is 10.8. The van der Waals surface area contributed by atoms with Gasteiger partial charge in [-0.2, -0.15) is 0 Å². The number of carbonyl (C=O) groups excluding carboxylic acids is 2. The van der Waals surface area contributed by atoms with Crippen LogP contribution < -0.4 is 0 Å². The third-order valence-electron chi connectivity index (χ3n) is 7.05. The molecule has 0 unspecified atom stereocenters. The van der Waals surface area contributed by atoms with E-state index in [-0.39, 0.29) is 18.9 Å². The Kier molecular flexibility index (Phi) is 8.00. The molecule has 5 rings (SSSR count). The molecule has 3 aliphatic rings. The summed E-state index contributed by atoms with van der Waals surface area (Å²) in [6.07, 6.45) is 0.234. The minimum Gasteiger partial charge on any atom is -0.457 e. The number of rotatable bonds is 7. The normalized spacial score (nSPS) is 19.3. The zero-order valence-electron chi connectivity index (χ0n) is 22.1. The largest absolute Gasteiger partial charge is 0.457 e. The zero-order valence-corrected chi connectivity index (χ0v) is 22.9. The number of benzene rings is 2. The Morgan fingerprint density at radius 2 is 1.79 bits per heavy atom. The number of carbonyl (C=O) groups is 2. The molecular weight excluding hydrogens is 498 g/mol. The van der Waals surface area contributed by atoms with E-state index in [9.17, 15) is 9.59 Å².